The van der Waals surface area contributed by atoms with Crippen LogP contribution in [0.1, 0.15) is 26.4 Å². The highest BCUT2D eigenvalue weighted by Gasteiger charge is 2.29. The fraction of sp³-hybridized carbons (Fsp3) is 0.118. The molecule has 1 amide bonds. The van der Waals surface area contributed by atoms with Crippen molar-refractivity contribution in [3.63, 3.8) is 0 Å². The van der Waals surface area contributed by atoms with Crippen molar-refractivity contribution in [2.45, 2.75) is 12.6 Å². The van der Waals surface area contributed by atoms with E-state index in [-0.39, 0.29) is 5.91 Å². The Morgan fingerprint density at radius 3 is 2.52 bits per heavy atom. The van der Waals surface area contributed by atoms with Gasteiger partial charge in [0.2, 0.25) is 0 Å². The molecule has 3 rings (SSSR count). The number of hydrogen-bond acceptors (Lipinski definition) is 4. The average molecular weight is 363 g/mol. The molecule has 8 heteroatoms. The summed E-state index contributed by atoms with van der Waals surface area (Å²) >= 11 is 1.27. The number of aromatic nitrogens is 2. The van der Waals surface area contributed by atoms with Gasteiger partial charge >= 0.3 is 6.18 Å². The van der Waals surface area contributed by atoms with Gasteiger partial charge in [-0.2, -0.15) is 13.2 Å². The monoisotopic (exact) mass is 363 g/mol. The molecule has 2 heterocycles. The van der Waals surface area contributed by atoms with Crippen molar-refractivity contribution in [2.24, 2.45) is 0 Å². The minimum atomic E-state index is -4.34. The van der Waals surface area contributed by atoms with E-state index in [1.165, 1.54) is 29.7 Å². The molecule has 0 spiro atoms. The Balaban J connectivity index is 1.65. The minimum Gasteiger partial charge on any atom is -0.298 e. The molecule has 1 aromatic carbocycles. The first-order valence-electron chi connectivity index (χ1n) is 7.24. The van der Waals surface area contributed by atoms with Crippen molar-refractivity contribution in [3.8, 4) is 0 Å². The van der Waals surface area contributed by atoms with Gasteiger partial charge < -0.3 is 0 Å². The van der Waals surface area contributed by atoms with Gasteiger partial charge in [-0.3, -0.25) is 15.1 Å². The number of thiazole rings is 1. The molecule has 3 aromatic rings. The fourth-order valence-electron chi connectivity index (χ4n) is 2.13. The highest BCUT2D eigenvalue weighted by Crippen LogP contribution is 2.30. The number of carbonyl (C=O) groups excluding carboxylic acids is 1. The van der Waals surface area contributed by atoms with Crippen LogP contribution in [0.15, 0.2) is 55.0 Å². The highest BCUT2D eigenvalue weighted by molar-refractivity contribution is 7.15. The number of amides is 1. The molecule has 0 aliphatic rings. The molecule has 0 saturated carbocycles. The molecular weight excluding hydrogens is 351 g/mol. The van der Waals surface area contributed by atoms with Crippen LogP contribution in [0.2, 0.25) is 0 Å². The SMILES string of the molecule is O=C(Nc1ncc(Cc2ccc(C(F)(F)F)cc2)s1)c1cccnc1. The Labute approximate surface area is 145 Å². The molecule has 0 aliphatic carbocycles. The van der Waals surface area contributed by atoms with Crippen LogP contribution in [0.4, 0.5) is 18.3 Å². The summed E-state index contributed by atoms with van der Waals surface area (Å²) in [6, 6.07) is 8.29. The van der Waals surface area contributed by atoms with E-state index in [0.717, 1.165) is 22.6 Å². The third kappa shape index (κ3) is 4.42. The van der Waals surface area contributed by atoms with E-state index in [4.69, 9.17) is 0 Å². The van der Waals surface area contributed by atoms with Gasteiger partial charge in [0, 0.05) is 29.9 Å². The number of carbonyl (C=O) groups is 1. The first-order chi connectivity index (χ1) is 11.9. The highest BCUT2D eigenvalue weighted by atomic mass is 32.1. The standard InChI is InChI=1S/C17H12F3N3OS/c18-17(19,20)13-5-3-11(4-6-13)8-14-10-22-16(25-14)23-15(24)12-2-1-7-21-9-12/h1-7,9-10H,8H2,(H,22,23,24). The number of benzene rings is 1. The second kappa shape index (κ2) is 7.02. The second-order valence-electron chi connectivity index (χ2n) is 5.20. The molecule has 0 atom stereocenters. The summed E-state index contributed by atoms with van der Waals surface area (Å²) in [4.78, 5) is 20.9. The van der Waals surface area contributed by atoms with E-state index < -0.39 is 11.7 Å². The Morgan fingerprint density at radius 1 is 1.12 bits per heavy atom. The number of alkyl halides is 3. The smallest absolute Gasteiger partial charge is 0.298 e. The van der Waals surface area contributed by atoms with Crippen LogP contribution >= 0.6 is 11.3 Å². The Morgan fingerprint density at radius 2 is 1.88 bits per heavy atom. The predicted octanol–water partition coefficient (Wildman–Crippen LogP) is 4.40. The molecule has 0 fully saturated rings. The molecule has 2 aromatic heterocycles. The zero-order chi connectivity index (χ0) is 17.9. The maximum atomic E-state index is 12.6. The zero-order valence-corrected chi connectivity index (χ0v) is 13.6. The van der Waals surface area contributed by atoms with Gasteiger partial charge in [0.25, 0.3) is 5.91 Å². The number of hydrogen-bond donors (Lipinski definition) is 1. The second-order valence-corrected chi connectivity index (χ2v) is 6.31. The lowest BCUT2D eigenvalue weighted by atomic mass is 10.1. The van der Waals surface area contributed by atoms with Crippen LogP contribution in [0.3, 0.4) is 0 Å². The Bertz CT molecular complexity index is 861. The van der Waals surface area contributed by atoms with Gasteiger partial charge in [-0.05, 0) is 29.8 Å². The number of nitrogens with one attached hydrogen (secondary N) is 1. The molecule has 0 saturated heterocycles. The molecule has 1 N–H and O–H groups in total. The van der Waals surface area contributed by atoms with Gasteiger partial charge in [-0.25, -0.2) is 4.98 Å². The Hall–Kier alpha value is -2.74. The van der Waals surface area contributed by atoms with Crippen LogP contribution in [0.5, 0.6) is 0 Å². The summed E-state index contributed by atoms with van der Waals surface area (Å²) < 4.78 is 37.7. The number of halogens is 3. The molecule has 0 bridgehead atoms. The van der Waals surface area contributed by atoms with Crippen molar-refractivity contribution in [1.82, 2.24) is 9.97 Å². The van der Waals surface area contributed by atoms with Gasteiger partial charge in [-0.15, -0.1) is 11.3 Å². The van der Waals surface area contributed by atoms with Crippen LogP contribution in [0, 0.1) is 0 Å². The van der Waals surface area contributed by atoms with Gasteiger partial charge in [0.15, 0.2) is 5.13 Å². The number of rotatable bonds is 4. The zero-order valence-electron chi connectivity index (χ0n) is 12.7. The van der Waals surface area contributed by atoms with Gasteiger partial charge in [0.1, 0.15) is 0 Å². The largest absolute Gasteiger partial charge is 0.416 e. The van der Waals surface area contributed by atoms with E-state index >= 15 is 0 Å². The number of nitrogens with zero attached hydrogens (tertiary/aromatic N) is 2. The van der Waals surface area contributed by atoms with Crippen molar-refractivity contribution < 1.29 is 18.0 Å². The Kier molecular flexibility index (Phi) is 4.80. The molecule has 4 nitrogen and oxygen atoms in total. The predicted molar refractivity (Wildman–Crippen MR) is 88.6 cm³/mol. The summed E-state index contributed by atoms with van der Waals surface area (Å²) in [6.07, 6.45) is 0.723. The fourth-order valence-corrected chi connectivity index (χ4v) is 2.97. The third-order valence-electron chi connectivity index (χ3n) is 3.36. The molecular formula is C17H12F3N3OS. The van der Waals surface area contributed by atoms with E-state index in [2.05, 4.69) is 15.3 Å². The van der Waals surface area contributed by atoms with Gasteiger partial charge in [0.05, 0.1) is 11.1 Å². The first-order valence-corrected chi connectivity index (χ1v) is 8.06. The van der Waals surface area contributed by atoms with Crippen molar-refractivity contribution >= 4 is 22.4 Å². The summed E-state index contributed by atoms with van der Waals surface area (Å²) in [5.41, 5.74) is 0.480. The van der Waals surface area contributed by atoms with Crippen LogP contribution in [-0.4, -0.2) is 15.9 Å². The normalized spacial score (nSPS) is 11.3. The number of pyridine rings is 1. The van der Waals surface area contributed by atoms with Crippen molar-refractivity contribution in [3.05, 3.63) is 76.6 Å². The average Bonchev–Trinajstić information content (AvgIpc) is 3.02. The first kappa shape index (κ1) is 17.1. The van der Waals surface area contributed by atoms with Crippen molar-refractivity contribution in [1.29, 1.82) is 0 Å². The summed E-state index contributed by atoms with van der Waals surface area (Å²) in [5, 5.41) is 3.10. The van der Waals surface area contributed by atoms with Crippen LogP contribution in [0.25, 0.3) is 0 Å². The lowest BCUT2D eigenvalue weighted by Crippen LogP contribution is -2.11. The van der Waals surface area contributed by atoms with Crippen molar-refractivity contribution in [2.75, 3.05) is 5.32 Å². The lowest BCUT2D eigenvalue weighted by Gasteiger charge is -2.06. The van der Waals surface area contributed by atoms with E-state index in [1.807, 2.05) is 0 Å². The lowest BCUT2D eigenvalue weighted by molar-refractivity contribution is -0.137. The molecule has 0 unspecified atom stereocenters. The maximum absolute atomic E-state index is 12.6. The van der Waals surface area contributed by atoms with Crippen LogP contribution in [-0.2, 0) is 12.6 Å². The quantitative estimate of drug-likeness (QED) is 0.747. The maximum Gasteiger partial charge on any atom is 0.416 e. The third-order valence-corrected chi connectivity index (χ3v) is 4.27. The molecule has 128 valence electrons. The topological polar surface area (TPSA) is 54.9 Å². The van der Waals surface area contributed by atoms with Gasteiger partial charge in [-0.1, -0.05) is 12.1 Å². The van der Waals surface area contributed by atoms with E-state index in [1.54, 1.807) is 24.5 Å². The van der Waals surface area contributed by atoms with E-state index in [9.17, 15) is 18.0 Å². The summed E-state index contributed by atoms with van der Waals surface area (Å²) in [7, 11) is 0. The summed E-state index contributed by atoms with van der Waals surface area (Å²) in [6.45, 7) is 0. The summed E-state index contributed by atoms with van der Waals surface area (Å²) in [5.74, 6) is -0.316. The minimum absolute atomic E-state index is 0.316. The molecule has 0 aliphatic heterocycles. The van der Waals surface area contributed by atoms with Crippen LogP contribution < -0.4 is 5.32 Å². The number of anilines is 1. The molecule has 0 radical (unpaired) electrons. The van der Waals surface area contributed by atoms with E-state index in [0.29, 0.717) is 17.1 Å². The molecule has 25 heavy (non-hydrogen) atoms.